The van der Waals surface area contributed by atoms with E-state index in [0.29, 0.717) is 43.6 Å². The van der Waals surface area contributed by atoms with E-state index in [4.69, 9.17) is 4.74 Å². The standard InChI is InChI=1S/C17H19F4NO2S/c18-11-17(20,21)12-25-10-16(23)15(9-22-4-6-24-7-5-22)13-2-1-3-14(19)8-13/h1-3,8-9H,4-7,10-12H2. The van der Waals surface area contributed by atoms with Gasteiger partial charge in [0.15, 0.2) is 12.5 Å². The highest BCUT2D eigenvalue weighted by molar-refractivity contribution is 8.00. The van der Waals surface area contributed by atoms with Crippen molar-refractivity contribution in [3.63, 3.8) is 0 Å². The maximum absolute atomic E-state index is 13.5. The number of thioether (sulfide) groups is 1. The molecule has 1 aliphatic heterocycles. The van der Waals surface area contributed by atoms with Gasteiger partial charge in [0.05, 0.1) is 24.7 Å². The summed E-state index contributed by atoms with van der Waals surface area (Å²) in [5.41, 5.74) is 0.631. The van der Waals surface area contributed by atoms with E-state index in [0.717, 1.165) is 0 Å². The van der Waals surface area contributed by atoms with Crippen LogP contribution in [0.5, 0.6) is 0 Å². The first-order valence-corrected chi connectivity index (χ1v) is 8.91. The van der Waals surface area contributed by atoms with Gasteiger partial charge in [-0.2, -0.15) is 0 Å². The lowest BCUT2D eigenvalue weighted by molar-refractivity contribution is -0.111. The Morgan fingerprint density at radius 1 is 1.32 bits per heavy atom. The van der Waals surface area contributed by atoms with E-state index in [1.54, 1.807) is 12.3 Å². The number of hydrogen-bond donors (Lipinski definition) is 0. The highest BCUT2D eigenvalue weighted by Gasteiger charge is 2.29. The van der Waals surface area contributed by atoms with Crippen LogP contribution in [-0.2, 0) is 9.53 Å². The summed E-state index contributed by atoms with van der Waals surface area (Å²) in [5.74, 6) is -5.35. The molecule has 0 atom stereocenters. The SMILES string of the molecule is O=C(CSCC(F)(F)CF)C(=CN1CCOCC1)c1cccc(F)c1. The molecule has 1 aliphatic rings. The van der Waals surface area contributed by atoms with Crippen LogP contribution in [0.1, 0.15) is 5.56 Å². The van der Waals surface area contributed by atoms with Crippen molar-refractivity contribution in [2.75, 3.05) is 44.5 Å². The number of rotatable bonds is 8. The molecule has 2 rings (SSSR count). The van der Waals surface area contributed by atoms with Crippen molar-refractivity contribution in [1.82, 2.24) is 4.90 Å². The van der Waals surface area contributed by atoms with Gasteiger partial charge in [0, 0.05) is 24.9 Å². The summed E-state index contributed by atoms with van der Waals surface area (Å²) in [6.45, 7) is 0.435. The van der Waals surface area contributed by atoms with Gasteiger partial charge in [0.2, 0.25) is 0 Å². The van der Waals surface area contributed by atoms with Crippen LogP contribution in [0.25, 0.3) is 5.57 Å². The van der Waals surface area contributed by atoms with Crippen molar-refractivity contribution >= 4 is 23.1 Å². The molecule has 0 spiro atoms. The molecule has 0 aromatic heterocycles. The number of hydrogen-bond acceptors (Lipinski definition) is 4. The normalized spacial score (nSPS) is 16.2. The van der Waals surface area contributed by atoms with Crippen LogP contribution >= 0.6 is 11.8 Å². The van der Waals surface area contributed by atoms with Crippen LogP contribution in [0.2, 0.25) is 0 Å². The van der Waals surface area contributed by atoms with Gasteiger partial charge in [-0.25, -0.2) is 17.6 Å². The second kappa shape index (κ2) is 9.24. The molecule has 1 heterocycles. The van der Waals surface area contributed by atoms with Gasteiger partial charge in [0.25, 0.3) is 5.92 Å². The molecule has 25 heavy (non-hydrogen) atoms. The minimum atomic E-state index is -3.45. The van der Waals surface area contributed by atoms with E-state index < -0.39 is 30.0 Å². The molecule has 0 radical (unpaired) electrons. The number of nitrogens with zero attached hydrogens (tertiary/aromatic N) is 1. The Hall–Kier alpha value is -1.54. The van der Waals surface area contributed by atoms with Gasteiger partial charge in [-0.1, -0.05) is 12.1 Å². The predicted molar refractivity (Wildman–Crippen MR) is 90.0 cm³/mol. The van der Waals surface area contributed by atoms with Gasteiger partial charge in [-0.3, -0.25) is 4.79 Å². The van der Waals surface area contributed by atoms with Gasteiger partial charge in [0.1, 0.15) is 5.82 Å². The number of allylic oxidation sites excluding steroid dienone is 1. The van der Waals surface area contributed by atoms with Crippen LogP contribution in [-0.4, -0.2) is 61.1 Å². The molecule has 0 unspecified atom stereocenters. The molecule has 138 valence electrons. The van der Waals surface area contributed by atoms with Crippen molar-refractivity contribution in [3.05, 3.63) is 41.8 Å². The molecule has 0 saturated carbocycles. The lowest BCUT2D eigenvalue weighted by atomic mass is 10.0. The molecule has 1 saturated heterocycles. The summed E-state index contributed by atoms with van der Waals surface area (Å²) < 4.78 is 56.8. The number of Topliss-reactive ketones (excluding diaryl/α,β-unsaturated/α-hetero) is 1. The number of carbonyl (C=O) groups is 1. The highest BCUT2D eigenvalue weighted by Crippen LogP contribution is 2.24. The Balaban J connectivity index is 2.13. The lowest BCUT2D eigenvalue weighted by Crippen LogP contribution is -2.32. The summed E-state index contributed by atoms with van der Waals surface area (Å²) in [7, 11) is 0. The number of alkyl halides is 3. The average molecular weight is 377 g/mol. The largest absolute Gasteiger partial charge is 0.378 e. The Labute approximate surface area is 148 Å². The van der Waals surface area contributed by atoms with Gasteiger partial charge in [-0.15, -0.1) is 11.8 Å². The second-order valence-corrected chi connectivity index (χ2v) is 6.59. The molecular formula is C17H19F4NO2S. The van der Waals surface area contributed by atoms with E-state index in [1.165, 1.54) is 18.2 Å². The summed E-state index contributed by atoms with van der Waals surface area (Å²) >= 11 is 0.665. The molecule has 8 heteroatoms. The zero-order chi connectivity index (χ0) is 18.3. The summed E-state index contributed by atoms with van der Waals surface area (Å²) in [4.78, 5) is 14.4. The molecule has 1 fully saturated rings. The minimum Gasteiger partial charge on any atom is -0.378 e. The first kappa shape index (κ1) is 19.8. The van der Waals surface area contributed by atoms with Crippen LogP contribution in [0.4, 0.5) is 17.6 Å². The Morgan fingerprint density at radius 2 is 2.04 bits per heavy atom. The van der Waals surface area contributed by atoms with Crippen molar-refractivity contribution < 1.29 is 27.1 Å². The molecule has 0 bridgehead atoms. The Kier molecular flexibility index (Phi) is 7.31. The number of ether oxygens (including phenoxy) is 1. The quantitative estimate of drug-likeness (QED) is 0.513. The first-order valence-electron chi connectivity index (χ1n) is 7.75. The Bertz CT molecular complexity index is 618. The fourth-order valence-electron chi connectivity index (χ4n) is 2.26. The molecule has 3 nitrogen and oxygen atoms in total. The number of halogens is 4. The third-order valence-electron chi connectivity index (χ3n) is 3.54. The molecular weight excluding hydrogens is 358 g/mol. The molecule has 0 aliphatic carbocycles. The molecule has 1 aromatic carbocycles. The zero-order valence-corrected chi connectivity index (χ0v) is 14.3. The highest BCUT2D eigenvalue weighted by atomic mass is 32.2. The number of benzene rings is 1. The molecule has 0 N–H and O–H groups in total. The van der Waals surface area contributed by atoms with E-state index in [1.807, 2.05) is 4.90 Å². The fourth-order valence-corrected chi connectivity index (χ4v) is 3.08. The Morgan fingerprint density at radius 3 is 2.68 bits per heavy atom. The number of carbonyl (C=O) groups excluding carboxylic acids is 1. The lowest BCUT2D eigenvalue weighted by Gasteiger charge is -2.26. The number of ketones is 1. The van der Waals surface area contributed by atoms with Crippen molar-refractivity contribution in [1.29, 1.82) is 0 Å². The maximum atomic E-state index is 13.5. The minimum absolute atomic E-state index is 0.234. The molecule has 1 aromatic rings. The molecule has 0 amide bonds. The smallest absolute Gasteiger partial charge is 0.284 e. The van der Waals surface area contributed by atoms with Crippen LogP contribution in [0.3, 0.4) is 0 Å². The van der Waals surface area contributed by atoms with Crippen LogP contribution < -0.4 is 0 Å². The topological polar surface area (TPSA) is 29.5 Å². The first-order chi connectivity index (χ1) is 11.9. The zero-order valence-electron chi connectivity index (χ0n) is 13.5. The van der Waals surface area contributed by atoms with Crippen LogP contribution in [0.15, 0.2) is 30.5 Å². The van der Waals surface area contributed by atoms with Crippen molar-refractivity contribution in [2.45, 2.75) is 5.92 Å². The van der Waals surface area contributed by atoms with Crippen molar-refractivity contribution in [3.8, 4) is 0 Å². The van der Waals surface area contributed by atoms with E-state index >= 15 is 0 Å². The second-order valence-electron chi connectivity index (χ2n) is 5.61. The van der Waals surface area contributed by atoms with E-state index in [2.05, 4.69) is 0 Å². The monoisotopic (exact) mass is 377 g/mol. The third kappa shape index (κ3) is 6.36. The van der Waals surface area contributed by atoms with E-state index in [-0.39, 0.29) is 11.3 Å². The summed E-state index contributed by atoms with van der Waals surface area (Å²) in [5, 5.41) is 0. The average Bonchev–Trinajstić information content (AvgIpc) is 2.60. The third-order valence-corrected chi connectivity index (χ3v) is 4.63. The van der Waals surface area contributed by atoms with Gasteiger partial charge in [-0.05, 0) is 17.7 Å². The summed E-state index contributed by atoms with van der Waals surface area (Å²) in [6, 6.07) is 5.56. The maximum Gasteiger partial charge on any atom is 0.284 e. The van der Waals surface area contributed by atoms with Gasteiger partial charge < -0.3 is 9.64 Å². The predicted octanol–water partition coefficient (Wildman–Crippen LogP) is 3.41. The van der Waals surface area contributed by atoms with Crippen molar-refractivity contribution in [2.24, 2.45) is 0 Å². The van der Waals surface area contributed by atoms with E-state index in [9.17, 15) is 22.4 Å². The fraction of sp³-hybridized carbons (Fsp3) is 0.471. The van der Waals surface area contributed by atoms with Crippen LogP contribution in [0, 0.1) is 5.82 Å². The van der Waals surface area contributed by atoms with Gasteiger partial charge >= 0.3 is 0 Å². The summed E-state index contributed by atoms with van der Waals surface area (Å²) in [6.07, 6.45) is 1.62. The number of morpholine rings is 1.